The largest absolute Gasteiger partial charge is 0.465 e. The van der Waals surface area contributed by atoms with Crippen LogP contribution in [0.15, 0.2) is 0 Å². The molecule has 0 atom stereocenters. The van der Waals surface area contributed by atoms with E-state index >= 15 is 0 Å². The average molecular weight is 519 g/mol. The van der Waals surface area contributed by atoms with Gasteiger partial charge in [0, 0.05) is 0 Å². The Balaban J connectivity index is 3.56. The second-order valence-electron chi connectivity index (χ2n) is 6.54. The van der Waals surface area contributed by atoms with Crippen molar-refractivity contribution in [3.05, 3.63) is 0 Å². The number of carbonyl (C=O) groups is 2. The molecule has 0 saturated heterocycles. The molecular formula is C16H26F4O10S2. The van der Waals surface area contributed by atoms with E-state index in [-0.39, 0.29) is 19.6 Å². The van der Waals surface area contributed by atoms with Crippen molar-refractivity contribution in [2.24, 2.45) is 0 Å². The zero-order chi connectivity index (χ0) is 24.7. The summed E-state index contributed by atoms with van der Waals surface area (Å²) in [7, 11) is -5.86. The molecule has 190 valence electrons. The minimum atomic E-state index is -5.86. The first-order valence-corrected chi connectivity index (χ1v) is 11.8. The van der Waals surface area contributed by atoms with Crippen LogP contribution in [0, 0.1) is 0 Å². The summed E-state index contributed by atoms with van der Waals surface area (Å²) in [5.74, 6) is -4.12. The van der Waals surface area contributed by atoms with Crippen molar-refractivity contribution in [1.82, 2.24) is 0 Å². The number of ether oxygens (including phenoxy) is 2. The van der Waals surface area contributed by atoms with Gasteiger partial charge < -0.3 is 9.47 Å². The standard InChI is InChI=1S/C16H26F4O10S2/c17-15(18,31-30-29-23)13(21)27-11-9-7-5-3-1-2-4-6-8-10-12-28-14(22)16(19,20)32(24,25)26/h23H,1-12H2,(H,24,25,26). The van der Waals surface area contributed by atoms with E-state index in [1.165, 1.54) is 0 Å². The maximum atomic E-state index is 13.1. The first-order chi connectivity index (χ1) is 14.9. The van der Waals surface area contributed by atoms with E-state index in [1.807, 2.05) is 0 Å². The van der Waals surface area contributed by atoms with Crippen LogP contribution in [-0.4, -0.2) is 53.9 Å². The van der Waals surface area contributed by atoms with E-state index < -0.39 is 44.6 Å². The molecule has 0 spiro atoms. The topological polar surface area (TPSA) is 146 Å². The van der Waals surface area contributed by atoms with Crippen LogP contribution < -0.4 is 0 Å². The van der Waals surface area contributed by atoms with Crippen molar-refractivity contribution in [2.45, 2.75) is 74.7 Å². The molecule has 0 radical (unpaired) electrons. The second-order valence-corrected chi connectivity index (χ2v) is 8.82. The molecule has 2 N–H and O–H groups in total. The number of rotatable bonds is 19. The molecule has 0 saturated carbocycles. The first-order valence-electron chi connectivity index (χ1n) is 9.59. The van der Waals surface area contributed by atoms with E-state index in [4.69, 9.17) is 9.81 Å². The van der Waals surface area contributed by atoms with Crippen LogP contribution in [0.1, 0.15) is 64.2 Å². The molecule has 0 rings (SSSR count). The number of unbranched alkanes of at least 4 members (excludes halogenated alkanes) is 9. The zero-order valence-corrected chi connectivity index (χ0v) is 18.6. The Bertz CT molecular complexity index is 661. The predicted molar refractivity (Wildman–Crippen MR) is 102 cm³/mol. The fourth-order valence-corrected chi connectivity index (χ4v) is 2.83. The summed E-state index contributed by atoms with van der Waals surface area (Å²) in [4.78, 5) is 22.0. The number of carbonyl (C=O) groups excluding carboxylic acids is 2. The summed E-state index contributed by atoms with van der Waals surface area (Å²) in [6, 6.07) is 0. The van der Waals surface area contributed by atoms with Crippen LogP contribution in [0.25, 0.3) is 0 Å². The van der Waals surface area contributed by atoms with Crippen LogP contribution in [0.4, 0.5) is 17.6 Å². The van der Waals surface area contributed by atoms with Gasteiger partial charge in [0.2, 0.25) is 0 Å². The van der Waals surface area contributed by atoms with E-state index in [0.29, 0.717) is 19.3 Å². The maximum absolute atomic E-state index is 13.1. The minimum absolute atomic E-state index is 0.185. The number of hydrogen-bond donors (Lipinski definition) is 2. The van der Waals surface area contributed by atoms with Crippen LogP contribution in [-0.2, 0) is 38.6 Å². The Labute approximate surface area is 186 Å². The fourth-order valence-electron chi connectivity index (χ4n) is 2.31. The lowest BCUT2D eigenvalue weighted by atomic mass is 10.1. The lowest BCUT2D eigenvalue weighted by Crippen LogP contribution is -2.39. The van der Waals surface area contributed by atoms with Gasteiger partial charge in [0.1, 0.15) is 12.0 Å². The third-order valence-electron chi connectivity index (χ3n) is 3.97. The van der Waals surface area contributed by atoms with E-state index in [9.17, 15) is 35.6 Å². The van der Waals surface area contributed by atoms with Gasteiger partial charge >= 0.3 is 32.6 Å². The van der Waals surface area contributed by atoms with Gasteiger partial charge in [0.15, 0.2) is 0 Å². The van der Waals surface area contributed by atoms with E-state index in [2.05, 4.69) is 18.8 Å². The number of halogens is 4. The van der Waals surface area contributed by atoms with Gasteiger partial charge in [-0.1, -0.05) is 56.4 Å². The Morgan fingerprint density at radius 1 is 0.750 bits per heavy atom. The summed E-state index contributed by atoms with van der Waals surface area (Å²) < 4.78 is 93.0. The molecule has 16 heteroatoms. The molecule has 32 heavy (non-hydrogen) atoms. The first kappa shape index (κ1) is 30.8. The van der Waals surface area contributed by atoms with Gasteiger partial charge in [-0.2, -0.15) is 26.0 Å². The average Bonchev–Trinajstić information content (AvgIpc) is 2.71. The van der Waals surface area contributed by atoms with Crippen molar-refractivity contribution in [2.75, 3.05) is 13.2 Å². The summed E-state index contributed by atoms with van der Waals surface area (Å²) >= 11 is -0.688. The minimum Gasteiger partial charge on any atom is -0.460 e. The summed E-state index contributed by atoms with van der Waals surface area (Å²) in [6.07, 6.45) is 7.00. The van der Waals surface area contributed by atoms with Gasteiger partial charge in [0.05, 0.1) is 13.2 Å². The lowest BCUT2D eigenvalue weighted by molar-refractivity contribution is -0.433. The van der Waals surface area contributed by atoms with E-state index in [0.717, 1.165) is 38.5 Å². The molecule has 0 aliphatic rings. The summed E-state index contributed by atoms with van der Waals surface area (Å²) in [5, 5.41) is 1.78. The van der Waals surface area contributed by atoms with Crippen molar-refractivity contribution >= 4 is 34.1 Å². The van der Waals surface area contributed by atoms with Crippen molar-refractivity contribution in [3.8, 4) is 0 Å². The van der Waals surface area contributed by atoms with Crippen LogP contribution in [0.5, 0.6) is 0 Å². The molecular weight excluding hydrogens is 492 g/mol. The summed E-state index contributed by atoms with van der Waals surface area (Å²) in [5.41, 5.74) is 0. The molecule has 0 fully saturated rings. The molecule has 10 nitrogen and oxygen atoms in total. The van der Waals surface area contributed by atoms with Crippen molar-refractivity contribution < 1.29 is 64.2 Å². The van der Waals surface area contributed by atoms with Gasteiger partial charge in [-0.05, 0) is 12.8 Å². The van der Waals surface area contributed by atoms with Crippen molar-refractivity contribution in [1.29, 1.82) is 0 Å². The molecule has 0 aromatic heterocycles. The molecule has 0 amide bonds. The van der Waals surface area contributed by atoms with Gasteiger partial charge in [-0.15, -0.1) is 4.33 Å². The summed E-state index contributed by atoms with van der Waals surface area (Å²) in [6.45, 7) is -0.572. The normalized spacial score (nSPS) is 12.6. The number of esters is 2. The smallest absolute Gasteiger partial charge is 0.460 e. The highest BCUT2D eigenvalue weighted by atomic mass is 32.2. The third kappa shape index (κ3) is 12.7. The lowest BCUT2D eigenvalue weighted by Gasteiger charge is -2.12. The van der Waals surface area contributed by atoms with Gasteiger partial charge in [-0.3, -0.25) is 4.55 Å². The number of alkyl halides is 4. The quantitative estimate of drug-likeness (QED) is 0.0484. The molecule has 0 aromatic carbocycles. The molecule has 0 aliphatic carbocycles. The Kier molecular flexibility index (Phi) is 15.0. The highest BCUT2D eigenvalue weighted by molar-refractivity contribution is 7.96. The van der Waals surface area contributed by atoms with Crippen LogP contribution in [0.3, 0.4) is 0 Å². The van der Waals surface area contributed by atoms with Gasteiger partial charge in [0.25, 0.3) is 0 Å². The molecule has 0 aromatic rings. The monoisotopic (exact) mass is 518 g/mol. The molecule has 0 aliphatic heterocycles. The maximum Gasteiger partial charge on any atom is 0.465 e. The Morgan fingerprint density at radius 2 is 1.12 bits per heavy atom. The molecule has 0 bridgehead atoms. The van der Waals surface area contributed by atoms with Crippen LogP contribution >= 0.6 is 12.0 Å². The highest BCUT2D eigenvalue weighted by Crippen LogP contribution is 2.31. The van der Waals surface area contributed by atoms with Crippen LogP contribution in [0.2, 0.25) is 0 Å². The Hall–Kier alpha value is -1.20. The molecule has 0 heterocycles. The van der Waals surface area contributed by atoms with E-state index in [1.54, 1.807) is 0 Å². The predicted octanol–water partition coefficient (Wildman–Crippen LogP) is 4.12. The van der Waals surface area contributed by atoms with Crippen molar-refractivity contribution in [3.63, 3.8) is 0 Å². The molecule has 0 unspecified atom stereocenters. The number of hydrogen-bond acceptors (Lipinski definition) is 10. The SMILES string of the molecule is O=C(OCCCCCCCCCCCCOC(=O)C(F)(F)S(=O)(=O)O)C(F)(F)SOOO. The fraction of sp³-hybridized carbons (Fsp3) is 0.875. The second kappa shape index (κ2) is 15.6. The van der Waals surface area contributed by atoms with Gasteiger partial charge in [-0.25, -0.2) is 14.8 Å². The Morgan fingerprint density at radius 3 is 1.50 bits per heavy atom. The third-order valence-corrected chi connectivity index (χ3v) is 5.29. The highest BCUT2D eigenvalue weighted by Gasteiger charge is 2.54. The zero-order valence-electron chi connectivity index (χ0n) is 17.0.